The maximum Gasteiger partial charge on any atom is 0.460 e. The Hall–Kier alpha value is -4.53. The summed E-state index contributed by atoms with van der Waals surface area (Å²) >= 11 is 0. The number of ether oxygens (including phenoxy) is 3. The van der Waals surface area contributed by atoms with Gasteiger partial charge in [0.25, 0.3) is 5.91 Å². The van der Waals surface area contributed by atoms with Crippen molar-refractivity contribution < 1.29 is 108 Å². The third kappa shape index (κ3) is 11.5. The molecular weight excluding hydrogens is 947 g/mol. The van der Waals surface area contributed by atoms with Crippen LogP contribution in [0.2, 0.25) is 17.1 Å². The Kier molecular flexibility index (Phi) is 17.9. The molecule has 0 spiro atoms. The zero-order chi connectivity index (χ0) is 50.4. The second kappa shape index (κ2) is 20.5. The summed E-state index contributed by atoms with van der Waals surface area (Å²) in [7, 11) is -2.60. The Balaban J connectivity index is 2.28. The maximum absolute atomic E-state index is 15.0. The van der Waals surface area contributed by atoms with Gasteiger partial charge in [0.15, 0.2) is 8.32 Å². The molecule has 65 heavy (non-hydrogen) atoms. The number of benzene rings is 2. The van der Waals surface area contributed by atoms with Crippen molar-refractivity contribution in [3.05, 3.63) is 65.7 Å². The fourth-order valence-corrected chi connectivity index (χ4v) is 10.7. The molecule has 9 nitrogen and oxygen atoms in total. The number of alkyl halides is 17. The number of hydrogen-bond acceptors (Lipinski definition) is 7. The zero-order valence-electron chi connectivity index (χ0n) is 34.8. The molecule has 2 rings (SSSR count). The summed E-state index contributed by atoms with van der Waals surface area (Å²) in [6.07, 6.45) is -11.2. The lowest BCUT2D eigenvalue weighted by Crippen LogP contribution is -2.74. The number of anilines is 1. The smallest absolute Gasteiger partial charge is 0.460 e. The molecule has 2 amide bonds. The molecule has 2 aromatic rings. The van der Waals surface area contributed by atoms with E-state index in [1.54, 1.807) is 12.1 Å². The van der Waals surface area contributed by atoms with Gasteiger partial charge in [-0.1, -0.05) is 45.9 Å². The molecule has 27 heteroatoms. The summed E-state index contributed by atoms with van der Waals surface area (Å²) < 4.78 is 258. The van der Waals surface area contributed by atoms with E-state index >= 15 is 0 Å². The summed E-state index contributed by atoms with van der Waals surface area (Å²) in [6.45, 7) is 5.57. The number of methoxy groups -OCH3 is 1. The molecule has 370 valence electrons. The Morgan fingerprint density at radius 1 is 0.677 bits per heavy atom. The predicted octanol–water partition coefficient (Wildman–Crippen LogP) is 12.4. The molecule has 0 bridgehead atoms. The van der Waals surface area contributed by atoms with Crippen molar-refractivity contribution in [1.82, 2.24) is 5.48 Å². The van der Waals surface area contributed by atoms with Crippen molar-refractivity contribution in [2.24, 2.45) is 0 Å². The van der Waals surface area contributed by atoms with Crippen LogP contribution in [0.15, 0.2) is 60.2 Å². The number of nitrogens with one attached hydrogen (secondary N) is 2. The summed E-state index contributed by atoms with van der Waals surface area (Å²) in [5, 5.41) is 11.4. The zero-order valence-corrected chi connectivity index (χ0v) is 35.8. The number of rotatable bonds is 23. The molecule has 0 fully saturated rings. The van der Waals surface area contributed by atoms with Gasteiger partial charge in [-0.2, -0.15) is 74.6 Å². The maximum atomic E-state index is 15.0. The third-order valence-electron chi connectivity index (χ3n) is 10.2. The summed E-state index contributed by atoms with van der Waals surface area (Å²) in [5.74, 6) is -57.2. The first-order valence-corrected chi connectivity index (χ1v) is 21.0. The fraction of sp³-hybridized carbons (Fsp3) is 0.579. The lowest BCUT2D eigenvalue weighted by molar-refractivity contribution is -0.461. The van der Waals surface area contributed by atoms with Crippen molar-refractivity contribution >= 4 is 26.0 Å². The molecule has 1 atom stereocenters. The number of carbonyl (C=O) groups is 2. The Morgan fingerprint density at radius 3 is 1.58 bits per heavy atom. The standard InChI is InChI=1S/C38H43F17N2O7Si/c1-21(2)65(22(3)4,20-17-31(39,40)32(41,42)33(43,44)34(45,46)35(47,48)36(49,50)37(51,52)38(53,54)55)63-19-18-62-27-12-8-24(9-13-27)28(16-7-23(5)29(58)57-60)64-30(59)56-25-10-14-26(61-6)15-11-25/h7-15,21-22,28,60H,16-20H2,1-6H3,(H,56,59)(H,57,58)/b23-7+/t28-/m0/s1. The SMILES string of the molecule is COc1ccc(NC(=O)O[C@@H](C/C=C(\C)C(=O)NO)c2ccc(OCCO[Si](CCC(F)(F)C(F)(F)C(F)(F)C(F)(F)C(F)(F)C(F)(F)C(F)(F)C(F)(F)F)(C(C)C)C(C)C)cc2)cc1. The second-order valence-electron chi connectivity index (χ2n) is 15.0. The number of amides is 2. The molecular formula is C38H43F17N2O7Si. The highest BCUT2D eigenvalue weighted by atomic mass is 28.4. The summed E-state index contributed by atoms with van der Waals surface area (Å²) in [4.78, 5) is 24.6. The largest absolute Gasteiger partial charge is 0.497 e. The van der Waals surface area contributed by atoms with E-state index in [4.69, 9.17) is 23.8 Å². The van der Waals surface area contributed by atoms with E-state index in [9.17, 15) is 84.2 Å². The van der Waals surface area contributed by atoms with Gasteiger partial charge in [-0.05, 0) is 66.0 Å². The molecule has 0 aliphatic carbocycles. The van der Waals surface area contributed by atoms with Crippen molar-refractivity contribution in [3.63, 3.8) is 0 Å². The van der Waals surface area contributed by atoms with Crippen LogP contribution < -0.4 is 20.3 Å². The van der Waals surface area contributed by atoms with Crippen LogP contribution in [0.4, 0.5) is 85.1 Å². The average molecular weight is 991 g/mol. The first-order valence-electron chi connectivity index (χ1n) is 18.8. The van der Waals surface area contributed by atoms with Crippen LogP contribution in [0.3, 0.4) is 0 Å². The van der Waals surface area contributed by atoms with Gasteiger partial charge in [0.1, 0.15) is 24.2 Å². The minimum absolute atomic E-state index is 0.0426. The third-order valence-corrected chi connectivity index (χ3v) is 15.9. The predicted molar refractivity (Wildman–Crippen MR) is 198 cm³/mol. The first-order chi connectivity index (χ1) is 29.5. The molecule has 0 aromatic heterocycles. The molecule has 0 aliphatic rings. The quantitative estimate of drug-likeness (QED) is 0.0254. The van der Waals surface area contributed by atoms with Gasteiger partial charge in [0.2, 0.25) is 0 Å². The number of halogens is 17. The topological polar surface area (TPSA) is 115 Å². The molecule has 2 aromatic carbocycles. The lowest BCUT2D eigenvalue weighted by Gasteiger charge is -2.44. The van der Waals surface area contributed by atoms with Crippen molar-refractivity contribution in [2.75, 3.05) is 25.6 Å². The van der Waals surface area contributed by atoms with Gasteiger partial charge in [0, 0.05) is 24.1 Å². The van der Waals surface area contributed by atoms with E-state index in [1.165, 1.54) is 89.7 Å². The number of hydrogen-bond donors (Lipinski definition) is 3. The van der Waals surface area contributed by atoms with E-state index in [0.717, 1.165) is 0 Å². The van der Waals surface area contributed by atoms with E-state index in [-0.39, 0.29) is 17.7 Å². The lowest BCUT2D eigenvalue weighted by atomic mass is 9.88. The van der Waals surface area contributed by atoms with Crippen LogP contribution in [0.25, 0.3) is 0 Å². The molecule has 0 heterocycles. The fourth-order valence-electron chi connectivity index (χ4n) is 6.19. The highest BCUT2D eigenvalue weighted by Crippen LogP contribution is 2.64. The highest BCUT2D eigenvalue weighted by molar-refractivity contribution is 6.76. The van der Waals surface area contributed by atoms with Crippen molar-refractivity contribution in [3.8, 4) is 11.5 Å². The summed E-state index contributed by atoms with van der Waals surface area (Å²) in [5.41, 5.74) is 0.332. The van der Waals surface area contributed by atoms with E-state index < -0.39 is 111 Å². The minimum Gasteiger partial charge on any atom is -0.497 e. The molecule has 0 saturated carbocycles. The van der Waals surface area contributed by atoms with Crippen LogP contribution in [-0.4, -0.2) is 93.5 Å². The highest BCUT2D eigenvalue weighted by Gasteiger charge is 2.95. The Morgan fingerprint density at radius 2 is 1.14 bits per heavy atom. The average Bonchev–Trinajstić information content (AvgIpc) is 3.20. The van der Waals surface area contributed by atoms with Crippen LogP contribution >= 0.6 is 0 Å². The number of hydroxylamine groups is 1. The second-order valence-corrected chi connectivity index (χ2v) is 20.0. The summed E-state index contributed by atoms with van der Waals surface area (Å²) in [6, 6.07) is 10.3. The van der Waals surface area contributed by atoms with E-state index in [0.29, 0.717) is 17.0 Å². The van der Waals surface area contributed by atoms with Gasteiger partial charge in [0.05, 0.1) is 13.7 Å². The molecule has 0 saturated heterocycles. The molecule has 0 radical (unpaired) electrons. The van der Waals surface area contributed by atoms with Gasteiger partial charge in [-0.3, -0.25) is 15.3 Å². The normalized spacial score (nSPS) is 14.6. The van der Waals surface area contributed by atoms with Crippen molar-refractivity contribution in [1.29, 1.82) is 0 Å². The van der Waals surface area contributed by atoms with E-state index in [1.807, 2.05) is 0 Å². The van der Waals surface area contributed by atoms with Crippen LogP contribution in [0.5, 0.6) is 11.5 Å². The Bertz CT molecular complexity index is 1920. The van der Waals surface area contributed by atoms with Crippen molar-refractivity contribution in [2.45, 2.75) is 118 Å². The first kappa shape index (κ1) is 56.6. The van der Waals surface area contributed by atoms with Crippen LogP contribution in [-0.2, 0) is 14.0 Å². The van der Waals surface area contributed by atoms with Crippen LogP contribution in [0.1, 0.15) is 59.1 Å². The molecule has 3 N–H and O–H groups in total. The van der Waals surface area contributed by atoms with Gasteiger partial charge < -0.3 is 18.6 Å². The van der Waals surface area contributed by atoms with E-state index in [2.05, 4.69) is 5.32 Å². The van der Waals surface area contributed by atoms with Gasteiger partial charge in [-0.25, -0.2) is 10.3 Å². The minimum atomic E-state index is -8.71. The Labute approximate surface area is 360 Å². The number of carbonyl (C=O) groups excluding carboxylic acids is 2. The van der Waals surface area contributed by atoms with Gasteiger partial charge in [-0.15, -0.1) is 0 Å². The van der Waals surface area contributed by atoms with Crippen LogP contribution in [0, 0.1) is 0 Å². The monoisotopic (exact) mass is 990 g/mol. The van der Waals surface area contributed by atoms with Gasteiger partial charge >= 0.3 is 53.7 Å². The molecule has 0 aliphatic heterocycles. The molecule has 0 unspecified atom stereocenters.